The van der Waals surface area contributed by atoms with Crippen molar-refractivity contribution >= 4 is 10.0 Å². The highest BCUT2D eigenvalue weighted by molar-refractivity contribution is 7.89. The topological polar surface area (TPSA) is 67.2 Å². The maximum Gasteiger partial charge on any atom is 0.262 e. The van der Waals surface area contributed by atoms with Gasteiger partial charge in [0.15, 0.2) is 5.03 Å². The van der Waals surface area contributed by atoms with Crippen molar-refractivity contribution in [3.05, 3.63) is 12.5 Å². The third kappa shape index (κ3) is 3.05. The average Bonchev–Trinajstić information content (AvgIpc) is 3.16. The fourth-order valence-corrected chi connectivity index (χ4v) is 4.21. The molecule has 112 valence electrons. The first-order valence-corrected chi connectivity index (χ1v) is 8.71. The smallest absolute Gasteiger partial charge is 0.262 e. The van der Waals surface area contributed by atoms with Gasteiger partial charge in [0.1, 0.15) is 0 Å². The fourth-order valence-electron chi connectivity index (χ4n) is 2.69. The molecular weight excluding hydrogens is 276 g/mol. The number of nitrogens with one attached hydrogen (secondary N) is 1. The maximum absolute atomic E-state index is 12.5. The van der Waals surface area contributed by atoms with E-state index in [1.54, 1.807) is 22.1 Å². The molecule has 1 aliphatic carbocycles. The van der Waals surface area contributed by atoms with Crippen molar-refractivity contribution in [3.63, 3.8) is 0 Å². The van der Waals surface area contributed by atoms with Crippen LogP contribution in [0.25, 0.3) is 0 Å². The summed E-state index contributed by atoms with van der Waals surface area (Å²) in [6.45, 7) is 2.15. The summed E-state index contributed by atoms with van der Waals surface area (Å²) in [7, 11) is -1.64. The first-order chi connectivity index (χ1) is 9.55. The van der Waals surface area contributed by atoms with Crippen molar-refractivity contribution in [2.45, 2.75) is 36.8 Å². The summed E-state index contributed by atoms with van der Waals surface area (Å²) in [4.78, 5) is 3.99. The summed E-state index contributed by atoms with van der Waals surface area (Å²) in [6.07, 6.45) is 7.67. The van der Waals surface area contributed by atoms with Crippen LogP contribution in [0.15, 0.2) is 17.6 Å². The summed E-state index contributed by atoms with van der Waals surface area (Å²) < 4.78 is 28.3. The first-order valence-electron chi connectivity index (χ1n) is 7.27. The molecule has 1 aliphatic heterocycles. The molecule has 1 unspecified atom stereocenters. The van der Waals surface area contributed by atoms with E-state index in [1.165, 1.54) is 19.2 Å². The molecule has 1 saturated heterocycles. The van der Waals surface area contributed by atoms with Crippen molar-refractivity contribution in [1.29, 1.82) is 0 Å². The Labute approximate surface area is 120 Å². The van der Waals surface area contributed by atoms with Crippen LogP contribution in [0.2, 0.25) is 0 Å². The standard InChI is InChI=1S/C13H22N4O2S/c1-16-9-13(15-10-16)20(18,19)17-6-2-3-11(8-17)7-14-12-4-5-12/h9-12,14H,2-8H2,1H3. The van der Waals surface area contributed by atoms with Crippen LogP contribution >= 0.6 is 0 Å². The van der Waals surface area contributed by atoms with Gasteiger partial charge in [-0.1, -0.05) is 0 Å². The Morgan fingerprint density at radius 3 is 2.85 bits per heavy atom. The van der Waals surface area contributed by atoms with E-state index in [1.807, 2.05) is 0 Å². The number of imidazole rings is 1. The molecule has 1 N–H and O–H groups in total. The first kappa shape index (κ1) is 14.0. The van der Waals surface area contributed by atoms with Crippen LogP contribution in [0.3, 0.4) is 0 Å². The number of hydrogen-bond acceptors (Lipinski definition) is 4. The van der Waals surface area contributed by atoms with Gasteiger partial charge >= 0.3 is 0 Å². The zero-order valence-corrected chi connectivity index (χ0v) is 12.6. The molecule has 2 aliphatic rings. The zero-order valence-electron chi connectivity index (χ0n) is 11.8. The Hall–Kier alpha value is -0.920. The van der Waals surface area contributed by atoms with E-state index in [0.29, 0.717) is 25.0 Å². The molecule has 0 amide bonds. The summed E-state index contributed by atoms with van der Waals surface area (Å²) >= 11 is 0. The lowest BCUT2D eigenvalue weighted by Gasteiger charge is -2.31. The van der Waals surface area contributed by atoms with Crippen molar-refractivity contribution in [2.75, 3.05) is 19.6 Å². The number of sulfonamides is 1. The molecule has 0 spiro atoms. The number of piperidine rings is 1. The third-order valence-corrected chi connectivity index (χ3v) is 5.79. The molecule has 7 heteroatoms. The normalized spacial score (nSPS) is 24.9. The van der Waals surface area contributed by atoms with E-state index in [4.69, 9.17) is 0 Å². The van der Waals surface area contributed by atoms with Crippen LogP contribution in [0.5, 0.6) is 0 Å². The molecule has 1 atom stereocenters. The second-order valence-corrected chi connectivity index (χ2v) is 7.82. The minimum Gasteiger partial charge on any atom is -0.339 e. The lowest BCUT2D eigenvalue weighted by atomic mass is 10.00. The number of nitrogens with zero attached hydrogens (tertiary/aromatic N) is 3. The number of aromatic nitrogens is 2. The van der Waals surface area contributed by atoms with Gasteiger partial charge in [0.25, 0.3) is 10.0 Å². The van der Waals surface area contributed by atoms with Crippen LogP contribution < -0.4 is 5.32 Å². The summed E-state index contributed by atoms with van der Waals surface area (Å²) in [5, 5.41) is 3.66. The SMILES string of the molecule is Cn1cnc(S(=O)(=O)N2CCCC(CNC3CC3)C2)c1. The molecule has 0 aromatic carbocycles. The van der Waals surface area contributed by atoms with E-state index in [9.17, 15) is 8.42 Å². The van der Waals surface area contributed by atoms with Crippen molar-refractivity contribution in [3.8, 4) is 0 Å². The molecular formula is C13H22N4O2S. The highest BCUT2D eigenvalue weighted by atomic mass is 32.2. The third-order valence-electron chi connectivity index (χ3n) is 4.04. The van der Waals surface area contributed by atoms with Gasteiger partial charge in [0.05, 0.1) is 6.33 Å². The molecule has 0 radical (unpaired) electrons. The summed E-state index contributed by atoms with van der Waals surface area (Å²) in [6, 6.07) is 0.678. The summed E-state index contributed by atoms with van der Waals surface area (Å²) in [5.41, 5.74) is 0. The van der Waals surface area contributed by atoms with E-state index < -0.39 is 10.0 Å². The lowest BCUT2D eigenvalue weighted by molar-refractivity contribution is 0.259. The minimum atomic E-state index is -3.42. The van der Waals surface area contributed by atoms with Gasteiger partial charge in [-0.25, -0.2) is 13.4 Å². The van der Waals surface area contributed by atoms with Crippen LogP contribution in [-0.4, -0.2) is 48.0 Å². The van der Waals surface area contributed by atoms with Gasteiger partial charge in [0, 0.05) is 32.4 Å². The zero-order chi connectivity index (χ0) is 14.2. The Morgan fingerprint density at radius 2 is 2.20 bits per heavy atom. The van der Waals surface area contributed by atoms with Gasteiger partial charge in [-0.05, 0) is 38.1 Å². The molecule has 0 bridgehead atoms. The summed E-state index contributed by atoms with van der Waals surface area (Å²) in [5.74, 6) is 0.419. The highest BCUT2D eigenvalue weighted by Gasteiger charge is 2.32. The predicted molar refractivity (Wildman–Crippen MR) is 75.7 cm³/mol. The quantitative estimate of drug-likeness (QED) is 0.863. The molecule has 1 aromatic heterocycles. The van der Waals surface area contributed by atoms with Gasteiger partial charge in [0.2, 0.25) is 0 Å². The van der Waals surface area contributed by atoms with Crippen molar-refractivity contribution in [2.24, 2.45) is 13.0 Å². The van der Waals surface area contributed by atoms with E-state index >= 15 is 0 Å². The molecule has 2 fully saturated rings. The monoisotopic (exact) mass is 298 g/mol. The predicted octanol–water partition coefficient (Wildman–Crippen LogP) is 0.573. The van der Waals surface area contributed by atoms with Crippen LogP contribution in [0.1, 0.15) is 25.7 Å². The Morgan fingerprint density at radius 1 is 1.40 bits per heavy atom. The molecule has 20 heavy (non-hydrogen) atoms. The van der Waals surface area contributed by atoms with Crippen LogP contribution in [0.4, 0.5) is 0 Å². The molecule has 2 heterocycles. The van der Waals surface area contributed by atoms with Crippen LogP contribution in [-0.2, 0) is 17.1 Å². The van der Waals surface area contributed by atoms with Gasteiger partial charge in [-0.2, -0.15) is 4.31 Å². The molecule has 1 saturated carbocycles. The Kier molecular flexibility index (Phi) is 3.83. The largest absolute Gasteiger partial charge is 0.339 e. The second-order valence-electron chi connectivity index (χ2n) is 5.93. The fraction of sp³-hybridized carbons (Fsp3) is 0.769. The van der Waals surface area contributed by atoms with E-state index in [2.05, 4.69) is 10.3 Å². The number of rotatable bonds is 5. The van der Waals surface area contributed by atoms with Gasteiger partial charge in [-0.15, -0.1) is 0 Å². The van der Waals surface area contributed by atoms with Gasteiger partial charge < -0.3 is 9.88 Å². The Balaban J connectivity index is 1.65. The maximum atomic E-state index is 12.5. The van der Waals surface area contributed by atoms with Gasteiger partial charge in [-0.3, -0.25) is 0 Å². The van der Waals surface area contributed by atoms with Crippen molar-refractivity contribution in [1.82, 2.24) is 19.2 Å². The highest BCUT2D eigenvalue weighted by Crippen LogP contribution is 2.24. The van der Waals surface area contributed by atoms with E-state index in [0.717, 1.165) is 19.4 Å². The average molecular weight is 298 g/mol. The number of aryl methyl sites for hydroxylation is 1. The number of hydrogen-bond donors (Lipinski definition) is 1. The van der Waals surface area contributed by atoms with E-state index in [-0.39, 0.29) is 5.03 Å². The Bertz CT molecular complexity index is 565. The second kappa shape index (κ2) is 5.46. The van der Waals surface area contributed by atoms with Crippen molar-refractivity contribution < 1.29 is 8.42 Å². The molecule has 1 aromatic rings. The molecule has 6 nitrogen and oxygen atoms in total. The minimum absolute atomic E-state index is 0.163. The lowest BCUT2D eigenvalue weighted by Crippen LogP contribution is -2.43. The van der Waals surface area contributed by atoms with Crippen LogP contribution in [0, 0.1) is 5.92 Å². The molecule has 3 rings (SSSR count).